The fourth-order valence-corrected chi connectivity index (χ4v) is 3.03. The summed E-state index contributed by atoms with van der Waals surface area (Å²) >= 11 is 0. The minimum Gasteiger partial charge on any atom is -0.320 e. The van der Waals surface area contributed by atoms with Gasteiger partial charge in [-0.2, -0.15) is 23.2 Å². The second-order valence-corrected chi connectivity index (χ2v) is 7.83. The van der Waals surface area contributed by atoms with E-state index in [1.165, 1.54) is 6.07 Å². The van der Waals surface area contributed by atoms with Crippen molar-refractivity contribution in [3.05, 3.63) is 58.4 Å². The number of nitroso groups, excluding NO2 is 1. The Labute approximate surface area is 176 Å². The lowest BCUT2D eigenvalue weighted by Crippen LogP contribution is -2.18. The molecule has 2 aromatic heterocycles. The number of nitrogens with one attached hydrogen (secondary N) is 1. The van der Waals surface area contributed by atoms with E-state index in [2.05, 4.69) is 20.6 Å². The maximum atomic E-state index is 12.9. The first-order valence-corrected chi connectivity index (χ1v) is 9.72. The largest absolute Gasteiger partial charge is 0.433 e. The number of amides is 1. The standard InChI is InChI=1S/C21H22F3N5O2/c1-4-13-10-17-14(12-29(27-17)9-8-20(2,3)28-31)11-16(13)26-19(30)15-6-5-7-18(25-15)21(22,23)24/h5-7,10-12H,4,8-9H2,1-3H3,(H,26,30). The highest BCUT2D eigenvalue weighted by Crippen LogP contribution is 2.28. The molecule has 1 N–H and O–H groups in total. The quantitative estimate of drug-likeness (QED) is 0.519. The van der Waals surface area contributed by atoms with Crippen LogP contribution in [0, 0.1) is 4.91 Å². The summed E-state index contributed by atoms with van der Waals surface area (Å²) in [5.74, 6) is -0.730. The molecule has 10 heteroatoms. The van der Waals surface area contributed by atoms with Crippen LogP contribution >= 0.6 is 0 Å². The van der Waals surface area contributed by atoms with Crippen LogP contribution in [-0.2, 0) is 19.1 Å². The van der Waals surface area contributed by atoms with Gasteiger partial charge in [-0.1, -0.05) is 18.2 Å². The smallest absolute Gasteiger partial charge is 0.320 e. The van der Waals surface area contributed by atoms with Crippen LogP contribution in [0.1, 0.15) is 48.9 Å². The van der Waals surface area contributed by atoms with Gasteiger partial charge < -0.3 is 5.32 Å². The molecule has 3 aromatic rings. The lowest BCUT2D eigenvalue weighted by atomic mass is 10.0. The van der Waals surface area contributed by atoms with E-state index in [0.29, 0.717) is 30.6 Å². The van der Waals surface area contributed by atoms with Gasteiger partial charge >= 0.3 is 6.18 Å². The number of carbonyl (C=O) groups is 1. The number of halogens is 3. The Morgan fingerprint density at radius 2 is 1.97 bits per heavy atom. The highest BCUT2D eigenvalue weighted by molar-refractivity contribution is 6.04. The monoisotopic (exact) mass is 433 g/mol. The third-order valence-corrected chi connectivity index (χ3v) is 4.88. The van der Waals surface area contributed by atoms with Gasteiger partial charge in [-0.15, -0.1) is 0 Å². The molecular formula is C21H22F3N5O2. The van der Waals surface area contributed by atoms with Gasteiger partial charge in [0, 0.05) is 23.8 Å². The van der Waals surface area contributed by atoms with Crippen LogP contribution in [-0.4, -0.2) is 26.2 Å². The average Bonchev–Trinajstić information content (AvgIpc) is 3.13. The molecule has 0 bridgehead atoms. The van der Waals surface area contributed by atoms with Crippen molar-refractivity contribution in [2.75, 3.05) is 5.32 Å². The van der Waals surface area contributed by atoms with E-state index < -0.39 is 23.3 Å². The number of rotatable bonds is 7. The van der Waals surface area contributed by atoms with Crippen molar-refractivity contribution >= 4 is 22.5 Å². The minimum absolute atomic E-state index is 0.323. The molecule has 0 fully saturated rings. The normalized spacial score (nSPS) is 12.2. The summed E-state index contributed by atoms with van der Waals surface area (Å²) < 4.78 is 40.4. The Kier molecular flexibility index (Phi) is 6.10. The van der Waals surface area contributed by atoms with Gasteiger partial charge in [0.2, 0.25) is 0 Å². The van der Waals surface area contributed by atoms with Crippen molar-refractivity contribution in [3.8, 4) is 0 Å². The van der Waals surface area contributed by atoms with Gasteiger partial charge in [0.15, 0.2) is 0 Å². The first kappa shape index (κ1) is 22.4. The number of aryl methyl sites for hydroxylation is 2. The van der Waals surface area contributed by atoms with Crippen LogP contribution in [0.25, 0.3) is 10.9 Å². The molecule has 0 atom stereocenters. The molecule has 0 aliphatic rings. The Balaban J connectivity index is 1.86. The number of nitrogens with zero attached hydrogens (tertiary/aromatic N) is 4. The van der Waals surface area contributed by atoms with E-state index in [9.17, 15) is 22.9 Å². The van der Waals surface area contributed by atoms with E-state index in [0.717, 1.165) is 23.1 Å². The Bertz CT molecular complexity index is 1120. The van der Waals surface area contributed by atoms with Gasteiger partial charge in [-0.3, -0.25) is 9.48 Å². The zero-order chi connectivity index (χ0) is 22.8. The molecule has 0 spiro atoms. The number of aromatic nitrogens is 3. The van der Waals surface area contributed by atoms with Crippen LogP contribution in [0.2, 0.25) is 0 Å². The fourth-order valence-electron chi connectivity index (χ4n) is 3.03. The van der Waals surface area contributed by atoms with Crippen LogP contribution in [0.3, 0.4) is 0 Å². The van der Waals surface area contributed by atoms with Crippen molar-refractivity contribution in [2.24, 2.45) is 5.18 Å². The molecule has 7 nitrogen and oxygen atoms in total. The molecule has 0 aliphatic heterocycles. The first-order chi connectivity index (χ1) is 14.5. The summed E-state index contributed by atoms with van der Waals surface area (Å²) in [5.41, 5.74) is -0.175. The molecule has 1 amide bonds. The highest BCUT2D eigenvalue weighted by atomic mass is 19.4. The predicted octanol–water partition coefficient (Wildman–Crippen LogP) is 5.20. The van der Waals surface area contributed by atoms with Crippen LogP contribution in [0.15, 0.2) is 41.7 Å². The van der Waals surface area contributed by atoms with Gasteiger partial charge in [0.05, 0.1) is 11.1 Å². The molecule has 3 rings (SSSR count). The van der Waals surface area contributed by atoms with E-state index >= 15 is 0 Å². The lowest BCUT2D eigenvalue weighted by Gasteiger charge is -2.14. The van der Waals surface area contributed by atoms with Gasteiger partial charge in [-0.25, -0.2) is 4.98 Å². The topological polar surface area (TPSA) is 89.2 Å². The summed E-state index contributed by atoms with van der Waals surface area (Å²) in [6, 6.07) is 6.75. The second-order valence-electron chi connectivity index (χ2n) is 7.83. The zero-order valence-electron chi connectivity index (χ0n) is 17.3. The second kappa shape index (κ2) is 8.44. The fraction of sp³-hybridized carbons (Fsp3) is 0.381. The lowest BCUT2D eigenvalue weighted by molar-refractivity contribution is -0.141. The number of pyridine rings is 1. The minimum atomic E-state index is -4.63. The summed E-state index contributed by atoms with van der Waals surface area (Å²) in [6.07, 6.45) is -1.76. The molecular weight excluding hydrogens is 411 g/mol. The van der Waals surface area contributed by atoms with E-state index in [-0.39, 0.29) is 5.69 Å². The van der Waals surface area contributed by atoms with Crippen molar-refractivity contribution in [1.82, 2.24) is 14.8 Å². The van der Waals surface area contributed by atoms with Gasteiger partial charge in [0.25, 0.3) is 5.91 Å². The van der Waals surface area contributed by atoms with E-state index in [4.69, 9.17) is 0 Å². The molecule has 164 valence electrons. The number of fused-ring (bicyclic) bond motifs is 1. The van der Waals surface area contributed by atoms with Crippen molar-refractivity contribution in [3.63, 3.8) is 0 Å². The van der Waals surface area contributed by atoms with Crippen LogP contribution in [0.5, 0.6) is 0 Å². The SMILES string of the molecule is CCc1cc2nn(CCC(C)(C)N=O)cc2cc1NC(=O)c1cccc(C(F)(F)F)n1. The summed E-state index contributed by atoms with van der Waals surface area (Å²) in [7, 11) is 0. The van der Waals surface area contributed by atoms with Gasteiger partial charge in [-0.05, 0) is 56.5 Å². The summed E-state index contributed by atoms with van der Waals surface area (Å²) in [6.45, 7) is 5.88. The van der Waals surface area contributed by atoms with Crippen LogP contribution < -0.4 is 5.32 Å². The Morgan fingerprint density at radius 3 is 2.61 bits per heavy atom. The number of carbonyl (C=O) groups excluding carboxylic acids is 1. The van der Waals surface area contributed by atoms with Gasteiger partial charge in [0.1, 0.15) is 11.4 Å². The molecule has 31 heavy (non-hydrogen) atoms. The Hall–Kier alpha value is -3.30. The predicted molar refractivity (Wildman–Crippen MR) is 111 cm³/mol. The number of hydrogen-bond acceptors (Lipinski definition) is 5. The van der Waals surface area contributed by atoms with Crippen molar-refractivity contribution < 1.29 is 18.0 Å². The third kappa shape index (κ3) is 5.25. The maximum absolute atomic E-state index is 12.9. The van der Waals surface area contributed by atoms with Crippen molar-refractivity contribution in [2.45, 2.75) is 51.9 Å². The molecule has 0 radical (unpaired) electrons. The van der Waals surface area contributed by atoms with Crippen molar-refractivity contribution in [1.29, 1.82) is 0 Å². The van der Waals surface area contributed by atoms with E-state index in [1.807, 2.05) is 13.0 Å². The molecule has 0 unspecified atom stereocenters. The zero-order valence-corrected chi connectivity index (χ0v) is 17.3. The van der Waals surface area contributed by atoms with E-state index in [1.54, 1.807) is 30.8 Å². The molecule has 0 saturated carbocycles. The molecule has 2 heterocycles. The first-order valence-electron chi connectivity index (χ1n) is 9.72. The number of alkyl halides is 3. The number of hydrogen-bond donors (Lipinski definition) is 1. The average molecular weight is 433 g/mol. The Morgan fingerprint density at radius 1 is 1.23 bits per heavy atom. The summed E-state index contributed by atoms with van der Waals surface area (Å²) in [5, 5.41) is 11.0. The third-order valence-electron chi connectivity index (χ3n) is 4.88. The number of benzene rings is 1. The maximum Gasteiger partial charge on any atom is 0.433 e. The number of anilines is 1. The molecule has 0 aliphatic carbocycles. The van der Waals surface area contributed by atoms with Crippen LogP contribution in [0.4, 0.5) is 18.9 Å². The summed E-state index contributed by atoms with van der Waals surface area (Å²) in [4.78, 5) is 26.8. The molecule has 1 aromatic carbocycles. The molecule has 0 saturated heterocycles. The highest BCUT2D eigenvalue weighted by Gasteiger charge is 2.33.